The van der Waals surface area contributed by atoms with Crippen LogP contribution < -0.4 is 15.5 Å². The lowest BCUT2D eigenvalue weighted by molar-refractivity contribution is -0.125. The summed E-state index contributed by atoms with van der Waals surface area (Å²) >= 11 is 0. The number of halogens is 2. The number of hydrogen-bond donors (Lipinski definition) is 2. The molecule has 0 spiro atoms. The van der Waals surface area contributed by atoms with Gasteiger partial charge < -0.3 is 20.6 Å². The van der Waals surface area contributed by atoms with E-state index in [9.17, 15) is 13.9 Å². The van der Waals surface area contributed by atoms with Crippen molar-refractivity contribution in [1.29, 1.82) is 0 Å². The van der Waals surface area contributed by atoms with Gasteiger partial charge in [-0.1, -0.05) is 18.1 Å². The fourth-order valence-electron chi connectivity index (χ4n) is 4.63. The van der Waals surface area contributed by atoms with Gasteiger partial charge in [0, 0.05) is 37.4 Å². The number of benzene rings is 1. The Morgan fingerprint density at radius 2 is 1.95 bits per heavy atom. The molecule has 0 bridgehead atoms. The molecule has 0 unspecified atom stereocenters. The molecule has 1 aromatic carbocycles. The maximum Gasteiger partial charge on any atom is 0.273 e. The summed E-state index contributed by atoms with van der Waals surface area (Å²) in [7, 11) is 0. The normalized spacial score (nSPS) is 19.5. The van der Waals surface area contributed by atoms with E-state index in [1.54, 1.807) is 29.3 Å². The number of phenolic OH excluding ortho intramolecular Hbond substituents is 1. The quantitative estimate of drug-likeness (QED) is 0.517. The molecule has 2 aliphatic rings. The molecule has 11 heteroatoms. The summed E-state index contributed by atoms with van der Waals surface area (Å²) in [5.41, 5.74) is 8.13. The third-order valence-corrected chi connectivity index (χ3v) is 6.63. The van der Waals surface area contributed by atoms with E-state index in [0.717, 1.165) is 24.5 Å². The van der Waals surface area contributed by atoms with Gasteiger partial charge in [0.05, 0.1) is 31.0 Å². The number of rotatable bonds is 4. The number of hydrogen-bond acceptors (Lipinski definition) is 9. The number of para-hydroxylation sites is 1. The van der Waals surface area contributed by atoms with Crippen LogP contribution in [0.25, 0.3) is 11.3 Å². The number of nitrogens with zero attached hydrogens (tertiary/aromatic N) is 7. The van der Waals surface area contributed by atoms with Gasteiger partial charge in [0.2, 0.25) is 5.82 Å². The van der Waals surface area contributed by atoms with Crippen LogP contribution in [0.5, 0.6) is 5.75 Å². The first-order valence-corrected chi connectivity index (χ1v) is 12.1. The summed E-state index contributed by atoms with van der Waals surface area (Å²) < 4.78 is 26.0. The molecule has 192 valence electrons. The molecule has 0 radical (unpaired) electrons. The number of aromatic hydroxyl groups is 1. The van der Waals surface area contributed by atoms with Crippen molar-refractivity contribution in [1.82, 2.24) is 25.1 Å². The number of phenols is 1. The maximum atomic E-state index is 13.0. The predicted molar refractivity (Wildman–Crippen MR) is 137 cm³/mol. The fourth-order valence-corrected chi connectivity index (χ4v) is 4.63. The van der Waals surface area contributed by atoms with Crippen LogP contribution in [0.4, 0.5) is 26.1 Å². The maximum absolute atomic E-state index is 13.0. The van der Waals surface area contributed by atoms with Crippen molar-refractivity contribution >= 4 is 17.3 Å². The van der Waals surface area contributed by atoms with Crippen LogP contribution >= 0.6 is 0 Å². The van der Waals surface area contributed by atoms with Crippen LogP contribution in [0.2, 0.25) is 0 Å². The SMILES string of the molecule is C[C@@H]1CCN(c2cc(-c3ccccc3O)nnc2N)CCN1c1ccnc(C#CCN2CC(F)(F)C2)n1. The van der Waals surface area contributed by atoms with Crippen LogP contribution in [0.15, 0.2) is 42.6 Å². The highest BCUT2D eigenvalue weighted by Crippen LogP contribution is 2.32. The summed E-state index contributed by atoms with van der Waals surface area (Å²) in [6, 6.07) is 10.9. The Balaban J connectivity index is 1.29. The van der Waals surface area contributed by atoms with E-state index < -0.39 is 5.92 Å². The Morgan fingerprint density at radius 3 is 2.73 bits per heavy atom. The molecule has 0 saturated carbocycles. The Kier molecular flexibility index (Phi) is 6.76. The minimum Gasteiger partial charge on any atom is -0.507 e. The molecule has 9 nitrogen and oxygen atoms in total. The van der Waals surface area contributed by atoms with Gasteiger partial charge in [0.25, 0.3) is 5.92 Å². The number of likely N-dealkylation sites (tertiary alicyclic amines) is 1. The smallest absolute Gasteiger partial charge is 0.273 e. The van der Waals surface area contributed by atoms with Crippen LogP contribution in [0.1, 0.15) is 19.2 Å². The number of alkyl halides is 2. The zero-order chi connectivity index (χ0) is 26.0. The number of nitrogen functional groups attached to an aromatic ring is 1. The lowest BCUT2D eigenvalue weighted by Gasteiger charge is -2.37. The van der Waals surface area contributed by atoms with Crippen molar-refractivity contribution in [3.63, 3.8) is 0 Å². The zero-order valence-corrected chi connectivity index (χ0v) is 20.5. The molecular weight excluding hydrogens is 478 g/mol. The first kappa shape index (κ1) is 24.6. The van der Waals surface area contributed by atoms with E-state index in [4.69, 9.17) is 5.73 Å². The lowest BCUT2D eigenvalue weighted by atomic mass is 10.1. The third-order valence-electron chi connectivity index (χ3n) is 6.63. The topological polar surface area (TPSA) is 108 Å². The highest BCUT2D eigenvalue weighted by Gasteiger charge is 2.43. The van der Waals surface area contributed by atoms with Gasteiger partial charge in [-0.15, -0.1) is 10.2 Å². The zero-order valence-electron chi connectivity index (χ0n) is 20.5. The van der Waals surface area contributed by atoms with E-state index in [1.807, 2.05) is 18.2 Å². The largest absolute Gasteiger partial charge is 0.507 e. The van der Waals surface area contributed by atoms with E-state index >= 15 is 0 Å². The fraction of sp³-hybridized carbons (Fsp3) is 0.385. The minimum atomic E-state index is -2.60. The summed E-state index contributed by atoms with van der Waals surface area (Å²) in [5, 5.41) is 18.6. The van der Waals surface area contributed by atoms with Gasteiger partial charge in [-0.3, -0.25) is 4.90 Å². The van der Waals surface area contributed by atoms with Gasteiger partial charge >= 0.3 is 0 Å². The number of anilines is 3. The summed E-state index contributed by atoms with van der Waals surface area (Å²) in [6.45, 7) is 4.01. The second-order valence-corrected chi connectivity index (χ2v) is 9.38. The molecule has 2 aliphatic heterocycles. The van der Waals surface area contributed by atoms with Gasteiger partial charge in [-0.2, -0.15) is 0 Å². The molecule has 4 heterocycles. The Labute approximate surface area is 214 Å². The van der Waals surface area contributed by atoms with Gasteiger partial charge in [0.15, 0.2) is 5.82 Å². The average Bonchev–Trinajstić information content (AvgIpc) is 3.05. The van der Waals surface area contributed by atoms with Crippen molar-refractivity contribution in [3.05, 3.63) is 48.4 Å². The van der Waals surface area contributed by atoms with Gasteiger partial charge in [-0.05, 0) is 43.5 Å². The highest BCUT2D eigenvalue weighted by molar-refractivity contribution is 5.74. The van der Waals surface area contributed by atoms with Crippen LogP contribution in [-0.4, -0.2) is 81.4 Å². The standard InChI is InChI=1S/C26H28F2N8O/c1-18-9-12-35(21-15-20(32-33-25(21)29)19-5-2-3-6-22(19)37)13-14-36(18)24-8-10-30-23(31-24)7-4-11-34-16-26(27,28)17-34/h2-3,5-6,8,10,15,18,37H,9,11-14,16-17H2,1H3,(H2,29,33)/t18-/m1/s1. The highest BCUT2D eigenvalue weighted by atomic mass is 19.3. The molecule has 3 aromatic rings. The Hall–Kier alpha value is -4.04. The molecule has 2 saturated heterocycles. The molecule has 37 heavy (non-hydrogen) atoms. The lowest BCUT2D eigenvalue weighted by Crippen LogP contribution is -2.55. The molecule has 2 aromatic heterocycles. The second kappa shape index (κ2) is 10.1. The van der Waals surface area contributed by atoms with E-state index in [1.165, 1.54) is 0 Å². The van der Waals surface area contributed by atoms with Crippen molar-refractivity contribution in [3.8, 4) is 28.8 Å². The first-order valence-electron chi connectivity index (χ1n) is 12.1. The Morgan fingerprint density at radius 1 is 1.14 bits per heavy atom. The monoisotopic (exact) mass is 506 g/mol. The molecule has 1 atom stereocenters. The molecule has 5 rings (SSSR count). The number of nitrogens with two attached hydrogens (primary N) is 1. The third kappa shape index (κ3) is 5.54. The van der Waals surface area contributed by atoms with Crippen LogP contribution in [-0.2, 0) is 0 Å². The molecule has 0 amide bonds. The van der Waals surface area contributed by atoms with E-state index in [-0.39, 0.29) is 31.4 Å². The van der Waals surface area contributed by atoms with Crippen molar-refractivity contribution in [2.24, 2.45) is 0 Å². The van der Waals surface area contributed by atoms with Gasteiger partial charge in [-0.25, -0.2) is 18.7 Å². The molecule has 2 fully saturated rings. The van der Waals surface area contributed by atoms with E-state index in [2.05, 4.69) is 48.7 Å². The first-order chi connectivity index (χ1) is 17.8. The van der Waals surface area contributed by atoms with E-state index in [0.29, 0.717) is 36.0 Å². The predicted octanol–water partition coefficient (Wildman–Crippen LogP) is 2.63. The average molecular weight is 507 g/mol. The van der Waals surface area contributed by atoms with Crippen molar-refractivity contribution in [2.75, 3.05) is 54.8 Å². The second-order valence-electron chi connectivity index (χ2n) is 9.38. The number of aromatic nitrogens is 4. The van der Waals surface area contributed by atoms with Crippen molar-refractivity contribution < 1.29 is 13.9 Å². The van der Waals surface area contributed by atoms with Gasteiger partial charge in [0.1, 0.15) is 11.6 Å². The minimum absolute atomic E-state index is 0.133. The van der Waals surface area contributed by atoms with Crippen LogP contribution in [0, 0.1) is 11.8 Å². The van der Waals surface area contributed by atoms with Crippen molar-refractivity contribution in [2.45, 2.75) is 25.3 Å². The summed E-state index contributed by atoms with van der Waals surface area (Å²) in [4.78, 5) is 14.8. The molecule has 3 N–H and O–H groups in total. The summed E-state index contributed by atoms with van der Waals surface area (Å²) in [6.07, 6.45) is 2.52. The van der Waals surface area contributed by atoms with Crippen LogP contribution in [0.3, 0.4) is 0 Å². The molecule has 0 aliphatic carbocycles. The Bertz CT molecular complexity index is 1330. The summed E-state index contributed by atoms with van der Waals surface area (Å²) in [5.74, 6) is 4.80. The molecular formula is C26H28F2N8O.